The second-order valence-corrected chi connectivity index (χ2v) is 7.51. The molecule has 1 fully saturated rings. The number of aryl methyl sites for hydroxylation is 1. The van der Waals surface area contributed by atoms with Crippen LogP contribution in [0.1, 0.15) is 12.2 Å². The first-order chi connectivity index (χ1) is 14.2. The lowest BCUT2D eigenvalue weighted by Crippen LogP contribution is -2.52. The van der Waals surface area contributed by atoms with Crippen molar-refractivity contribution in [2.24, 2.45) is 4.99 Å². The normalized spacial score (nSPS) is 14.7. The summed E-state index contributed by atoms with van der Waals surface area (Å²) in [7, 11) is 1.84. The summed E-state index contributed by atoms with van der Waals surface area (Å²) in [5.74, 6) is 1.95. The van der Waals surface area contributed by atoms with Crippen molar-refractivity contribution in [2.45, 2.75) is 12.8 Å². The van der Waals surface area contributed by atoms with Crippen LogP contribution < -0.4 is 10.2 Å². The summed E-state index contributed by atoms with van der Waals surface area (Å²) in [5, 5.41) is 12.8. The van der Waals surface area contributed by atoms with E-state index in [2.05, 4.69) is 36.4 Å². The highest BCUT2D eigenvalue weighted by Gasteiger charge is 2.19. The van der Waals surface area contributed by atoms with Gasteiger partial charge in [-0.2, -0.15) is 0 Å². The van der Waals surface area contributed by atoms with Gasteiger partial charge in [-0.3, -0.25) is 9.39 Å². The smallest absolute Gasteiger partial charge is 0.193 e. The molecular formula is C21H27ClIN7. The summed E-state index contributed by atoms with van der Waals surface area (Å²) >= 11 is 6.13. The number of pyridine rings is 1. The van der Waals surface area contributed by atoms with Crippen LogP contribution in [0.25, 0.3) is 5.65 Å². The fourth-order valence-corrected chi connectivity index (χ4v) is 3.87. The van der Waals surface area contributed by atoms with Crippen LogP contribution in [0.15, 0.2) is 53.7 Å². The Balaban J connectivity index is 0.00000256. The van der Waals surface area contributed by atoms with Gasteiger partial charge in [0.1, 0.15) is 5.82 Å². The third kappa shape index (κ3) is 5.34. The van der Waals surface area contributed by atoms with Crippen LogP contribution in [-0.2, 0) is 6.42 Å². The highest BCUT2D eigenvalue weighted by Crippen LogP contribution is 2.20. The first-order valence-corrected chi connectivity index (χ1v) is 10.4. The molecule has 4 rings (SSSR count). The number of aliphatic imine (C=N–C) groups is 1. The van der Waals surface area contributed by atoms with Gasteiger partial charge in [0.05, 0.1) is 0 Å². The van der Waals surface area contributed by atoms with E-state index in [1.807, 2.05) is 54.0 Å². The maximum Gasteiger partial charge on any atom is 0.193 e. The van der Waals surface area contributed by atoms with E-state index in [1.165, 1.54) is 5.69 Å². The van der Waals surface area contributed by atoms with Crippen LogP contribution in [0.4, 0.5) is 5.69 Å². The minimum Gasteiger partial charge on any atom is -0.368 e. The lowest BCUT2D eigenvalue weighted by Gasteiger charge is -2.37. The van der Waals surface area contributed by atoms with Gasteiger partial charge in [0, 0.05) is 63.1 Å². The summed E-state index contributed by atoms with van der Waals surface area (Å²) < 4.78 is 2.05. The summed E-state index contributed by atoms with van der Waals surface area (Å²) in [6, 6.07) is 14.0. The molecule has 1 aliphatic rings. The molecule has 1 aromatic carbocycles. The molecule has 0 unspecified atom stereocenters. The predicted octanol–water partition coefficient (Wildman–Crippen LogP) is 3.33. The number of hydrogen-bond acceptors (Lipinski definition) is 4. The van der Waals surface area contributed by atoms with Gasteiger partial charge < -0.3 is 15.1 Å². The highest BCUT2D eigenvalue weighted by atomic mass is 127. The Morgan fingerprint density at radius 2 is 1.93 bits per heavy atom. The van der Waals surface area contributed by atoms with Crippen LogP contribution in [0.3, 0.4) is 0 Å². The molecule has 1 aliphatic heterocycles. The van der Waals surface area contributed by atoms with Gasteiger partial charge in [0.25, 0.3) is 0 Å². The van der Waals surface area contributed by atoms with E-state index in [1.54, 1.807) is 0 Å². The number of anilines is 1. The molecule has 3 heterocycles. The van der Waals surface area contributed by atoms with Crippen LogP contribution in [-0.4, -0.2) is 65.2 Å². The zero-order chi connectivity index (χ0) is 20.1. The van der Waals surface area contributed by atoms with Gasteiger partial charge in [-0.1, -0.05) is 23.7 Å². The number of piperazine rings is 1. The topological polar surface area (TPSA) is 61.1 Å². The zero-order valence-corrected chi connectivity index (χ0v) is 20.1. The second kappa shape index (κ2) is 10.8. The molecular weight excluding hydrogens is 513 g/mol. The summed E-state index contributed by atoms with van der Waals surface area (Å²) in [6.07, 6.45) is 3.85. The predicted molar refractivity (Wildman–Crippen MR) is 133 cm³/mol. The minimum absolute atomic E-state index is 0. The van der Waals surface area contributed by atoms with Crippen molar-refractivity contribution in [1.29, 1.82) is 0 Å². The highest BCUT2D eigenvalue weighted by molar-refractivity contribution is 14.0. The van der Waals surface area contributed by atoms with Crippen LogP contribution in [0.5, 0.6) is 0 Å². The first-order valence-electron chi connectivity index (χ1n) is 9.99. The van der Waals surface area contributed by atoms with Crippen LogP contribution in [0, 0.1) is 0 Å². The Hall–Kier alpha value is -2.07. The second-order valence-electron chi connectivity index (χ2n) is 7.08. The Labute approximate surface area is 199 Å². The maximum atomic E-state index is 6.13. The number of nitrogens with zero attached hydrogens (tertiary/aromatic N) is 6. The SMILES string of the molecule is CN=C(NCCCc1nnc2ccccn12)N1CCN(c2cccc(Cl)c2)CC1.I. The number of nitrogens with one attached hydrogen (secondary N) is 1. The van der Waals surface area contributed by atoms with Crippen LogP contribution in [0.2, 0.25) is 5.02 Å². The lowest BCUT2D eigenvalue weighted by atomic mass is 10.2. The zero-order valence-electron chi connectivity index (χ0n) is 17.0. The fourth-order valence-electron chi connectivity index (χ4n) is 3.69. The maximum absolute atomic E-state index is 6.13. The van der Waals surface area contributed by atoms with E-state index < -0.39 is 0 Å². The van der Waals surface area contributed by atoms with Crippen molar-refractivity contribution in [3.05, 3.63) is 59.5 Å². The standard InChI is InChI=1S/C21H26ClN7.HI/c1-23-21(24-10-5-9-20-26-25-19-8-2-3-11-29(19)20)28-14-12-27(13-15-28)18-7-4-6-17(22)16-18;/h2-4,6-8,11,16H,5,9-10,12-15H2,1H3,(H,23,24);1H. The third-order valence-electron chi connectivity index (χ3n) is 5.21. The molecule has 0 bridgehead atoms. The molecule has 0 amide bonds. The number of benzene rings is 1. The molecule has 2 aromatic heterocycles. The van der Waals surface area contributed by atoms with Crippen molar-refractivity contribution in [2.75, 3.05) is 44.7 Å². The Morgan fingerprint density at radius 3 is 2.70 bits per heavy atom. The van der Waals surface area contributed by atoms with E-state index in [0.717, 1.165) is 68.0 Å². The van der Waals surface area contributed by atoms with E-state index in [9.17, 15) is 0 Å². The number of aromatic nitrogens is 3. The van der Waals surface area contributed by atoms with E-state index in [-0.39, 0.29) is 24.0 Å². The number of hydrogen-bond donors (Lipinski definition) is 1. The summed E-state index contributed by atoms with van der Waals surface area (Å²) in [6.45, 7) is 4.62. The molecule has 1 N–H and O–H groups in total. The minimum atomic E-state index is 0. The molecule has 0 saturated carbocycles. The van der Waals surface area contributed by atoms with E-state index >= 15 is 0 Å². The van der Waals surface area contributed by atoms with Gasteiger partial charge in [0.2, 0.25) is 0 Å². The van der Waals surface area contributed by atoms with E-state index in [0.29, 0.717) is 0 Å². The number of fused-ring (bicyclic) bond motifs is 1. The van der Waals surface area contributed by atoms with Gasteiger partial charge in [-0.05, 0) is 36.8 Å². The fraction of sp³-hybridized carbons (Fsp3) is 0.381. The largest absolute Gasteiger partial charge is 0.368 e. The Morgan fingerprint density at radius 1 is 1.10 bits per heavy atom. The van der Waals surface area contributed by atoms with Crippen molar-refractivity contribution < 1.29 is 0 Å². The van der Waals surface area contributed by atoms with Gasteiger partial charge in [0.15, 0.2) is 11.6 Å². The van der Waals surface area contributed by atoms with Crippen molar-refractivity contribution in [3.63, 3.8) is 0 Å². The summed E-state index contributed by atoms with van der Waals surface area (Å²) in [4.78, 5) is 9.15. The van der Waals surface area contributed by atoms with E-state index in [4.69, 9.17) is 11.6 Å². The number of guanidine groups is 1. The van der Waals surface area contributed by atoms with Crippen molar-refractivity contribution >= 4 is 52.9 Å². The third-order valence-corrected chi connectivity index (χ3v) is 5.44. The molecule has 0 spiro atoms. The van der Waals surface area contributed by atoms with Gasteiger partial charge in [-0.15, -0.1) is 34.2 Å². The van der Waals surface area contributed by atoms with Gasteiger partial charge >= 0.3 is 0 Å². The monoisotopic (exact) mass is 539 g/mol. The molecule has 0 aliphatic carbocycles. The summed E-state index contributed by atoms with van der Waals surface area (Å²) in [5.41, 5.74) is 2.07. The average molecular weight is 540 g/mol. The van der Waals surface area contributed by atoms with Crippen molar-refractivity contribution in [3.8, 4) is 0 Å². The molecule has 7 nitrogen and oxygen atoms in total. The van der Waals surface area contributed by atoms with Crippen LogP contribution >= 0.6 is 35.6 Å². The molecule has 0 radical (unpaired) electrons. The number of halogens is 2. The number of rotatable bonds is 5. The molecule has 0 atom stereocenters. The molecule has 9 heteroatoms. The molecule has 30 heavy (non-hydrogen) atoms. The lowest BCUT2D eigenvalue weighted by molar-refractivity contribution is 0.372. The average Bonchev–Trinajstić information content (AvgIpc) is 3.17. The molecule has 3 aromatic rings. The molecule has 160 valence electrons. The quantitative estimate of drug-likeness (QED) is 0.233. The van der Waals surface area contributed by atoms with Gasteiger partial charge in [-0.25, -0.2) is 0 Å². The Bertz CT molecular complexity index is 982. The van der Waals surface area contributed by atoms with Crippen molar-refractivity contribution in [1.82, 2.24) is 24.8 Å². The molecule has 1 saturated heterocycles. The first kappa shape index (κ1) is 22.6. The Kier molecular flexibility index (Phi) is 8.15.